The summed E-state index contributed by atoms with van der Waals surface area (Å²) in [5.41, 5.74) is 0.926. The maximum absolute atomic E-state index is 12.3. The minimum absolute atomic E-state index is 0.0923. The maximum Gasteiger partial charge on any atom is 0.243 e. The molecule has 4 nitrogen and oxygen atoms in total. The van der Waals surface area contributed by atoms with Gasteiger partial charge in [0.1, 0.15) is 0 Å². The third kappa shape index (κ3) is 3.33. The fraction of sp³-hybridized carbons (Fsp3) is 0.385. The molecule has 0 aliphatic rings. The van der Waals surface area contributed by atoms with Crippen molar-refractivity contribution in [2.45, 2.75) is 18.4 Å². The molecule has 98 valence electrons. The van der Waals surface area contributed by atoms with Crippen molar-refractivity contribution in [3.8, 4) is 12.3 Å². The van der Waals surface area contributed by atoms with E-state index in [9.17, 15) is 8.42 Å². The molecule has 0 aromatic heterocycles. The molecule has 1 aromatic rings. The van der Waals surface area contributed by atoms with Gasteiger partial charge in [-0.15, -0.1) is 6.42 Å². The first-order valence-corrected chi connectivity index (χ1v) is 7.17. The van der Waals surface area contributed by atoms with Gasteiger partial charge in [0.2, 0.25) is 10.0 Å². The van der Waals surface area contributed by atoms with Crippen LogP contribution in [-0.2, 0) is 16.6 Å². The van der Waals surface area contributed by atoms with E-state index in [0.29, 0.717) is 13.1 Å². The molecule has 5 heteroatoms. The predicted molar refractivity (Wildman–Crippen MR) is 72.5 cm³/mol. The van der Waals surface area contributed by atoms with Crippen LogP contribution < -0.4 is 5.32 Å². The van der Waals surface area contributed by atoms with Crippen LogP contribution in [0.5, 0.6) is 0 Å². The zero-order chi connectivity index (χ0) is 13.6. The normalized spacial score (nSPS) is 11.4. The highest BCUT2D eigenvalue weighted by atomic mass is 32.2. The molecule has 1 aromatic carbocycles. The number of benzene rings is 1. The number of nitrogens with zero attached hydrogens (tertiary/aromatic N) is 1. The smallest absolute Gasteiger partial charge is 0.243 e. The van der Waals surface area contributed by atoms with Crippen molar-refractivity contribution < 1.29 is 8.42 Å². The average Bonchev–Trinajstić information content (AvgIpc) is 2.36. The van der Waals surface area contributed by atoms with Crippen LogP contribution in [0.1, 0.15) is 12.5 Å². The van der Waals surface area contributed by atoms with Gasteiger partial charge in [-0.05, 0) is 24.7 Å². The van der Waals surface area contributed by atoms with E-state index in [1.165, 1.54) is 4.31 Å². The standard InChI is InChI=1S/C13H18N2O2S/c1-4-9-15(5-2)18(16,17)13-8-6-7-12(10-13)11-14-3/h1,6-8,10,14H,5,9,11H2,2-3H3. The molecule has 0 unspecified atom stereocenters. The molecule has 0 atom stereocenters. The van der Waals surface area contributed by atoms with E-state index in [0.717, 1.165) is 5.56 Å². The Morgan fingerprint density at radius 1 is 1.44 bits per heavy atom. The van der Waals surface area contributed by atoms with Gasteiger partial charge in [0.15, 0.2) is 0 Å². The summed E-state index contributed by atoms with van der Waals surface area (Å²) in [5, 5.41) is 2.99. The van der Waals surface area contributed by atoms with Crippen molar-refractivity contribution in [2.75, 3.05) is 20.1 Å². The molecule has 0 saturated heterocycles. The number of hydrogen-bond acceptors (Lipinski definition) is 3. The molecular weight excluding hydrogens is 248 g/mol. The topological polar surface area (TPSA) is 49.4 Å². The second-order valence-corrected chi connectivity index (χ2v) is 5.75. The van der Waals surface area contributed by atoms with E-state index in [1.54, 1.807) is 25.1 Å². The van der Waals surface area contributed by atoms with Gasteiger partial charge in [-0.25, -0.2) is 8.42 Å². The van der Waals surface area contributed by atoms with Gasteiger partial charge < -0.3 is 5.32 Å². The fourth-order valence-electron chi connectivity index (χ4n) is 1.64. The van der Waals surface area contributed by atoms with Crippen molar-refractivity contribution in [2.24, 2.45) is 0 Å². The molecule has 1 N–H and O–H groups in total. The van der Waals surface area contributed by atoms with Crippen molar-refractivity contribution >= 4 is 10.0 Å². The second-order valence-electron chi connectivity index (χ2n) is 3.81. The first kappa shape index (κ1) is 14.7. The highest BCUT2D eigenvalue weighted by Crippen LogP contribution is 2.16. The van der Waals surface area contributed by atoms with Crippen LogP contribution >= 0.6 is 0 Å². The Kier molecular flexibility index (Phi) is 5.35. The van der Waals surface area contributed by atoms with E-state index < -0.39 is 10.0 Å². The largest absolute Gasteiger partial charge is 0.316 e. The van der Waals surface area contributed by atoms with Crippen LogP contribution in [0, 0.1) is 12.3 Å². The van der Waals surface area contributed by atoms with Gasteiger partial charge in [0.05, 0.1) is 11.4 Å². The molecule has 1 rings (SSSR count). The van der Waals surface area contributed by atoms with Crippen molar-refractivity contribution in [1.29, 1.82) is 0 Å². The number of sulfonamides is 1. The Hall–Kier alpha value is -1.35. The monoisotopic (exact) mass is 266 g/mol. The Labute approximate surface area is 109 Å². The van der Waals surface area contributed by atoms with Crippen molar-refractivity contribution in [1.82, 2.24) is 9.62 Å². The van der Waals surface area contributed by atoms with Gasteiger partial charge in [-0.3, -0.25) is 0 Å². The minimum Gasteiger partial charge on any atom is -0.316 e. The lowest BCUT2D eigenvalue weighted by Gasteiger charge is -2.18. The number of hydrogen-bond donors (Lipinski definition) is 1. The molecule has 0 amide bonds. The van der Waals surface area contributed by atoms with Crippen LogP contribution in [0.4, 0.5) is 0 Å². The van der Waals surface area contributed by atoms with Crippen LogP contribution in [0.2, 0.25) is 0 Å². The highest BCUT2D eigenvalue weighted by molar-refractivity contribution is 7.89. The fourth-order valence-corrected chi connectivity index (χ4v) is 3.07. The lowest BCUT2D eigenvalue weighted by Crippen LogP contribution is -2.31. The summed E-state index contributed by atoms with van der Waals surface area (Å²) in [5.74, 6) is 2.37. The van der Waals surface area contributed by atoms with Crippen LogP contribution in [0.15, 0.2) is 29.2 Å². The summed E-state index contributed by atoms with van der Waals surface area (Å²) in [6, 6.07) is 6.88. The van der Waals surface area contributed by atoms with Gasteiger partial charge in [0.25, 0.3) is 0 Å². The Morgan fingerprint density at radius 2 is 2.17 bits per heavy atom. The molecule has 0 aliphatic carbocycles. The zero-order valence-electron chi connectivity index (χ0n) is 10.7. The Bertz CT molecular complexity index is 532. The summed E-state index contributed by atoms with van der Waals surface area (Å²) in [7, 11) is -1.67. The molecule has 0 spiro atoms. The summed E-state index contributed by atoms with van der Waals surface area (Å²) >= 11 is 0. The van der Waals surface area contributed by atoms with Gasteiger partial charge in [-0.2, -0.15) is 4.31 Å². The molecular formula is C13H18N2O2S. The average molecular weight is 266 g/mol. The Balaban J connectivity index is 3.11. The molecule has 0 saturated carbocycles. The van der Waals surface area contributed by atoms with Crippen molar-refractivity contribution in [3.63, 3.8) is 0 Å². The second kappa shape index (κ2) is 6.55. The summed E-state index contributed by atoms with van der Waals surface area (Å²) in [6.07, 6.45) is 5.19. The molecule has 0 bridgehead atoms. The van der Waals surface area contributed by atoms with Gasteiger partial charge >= 0.3 is 0 Å². The lowest BCUT2D eigenvalue weighted by atomic mass is 10.2. The van der Waals surface area contributed by atoms with E-state index >= 15 is 0 Å². The van der Waals surface area contributed by atoms with E-state index in [-0.39, 0.29) is 11.4 Å². The molecule has 0 radical (unpaired) electrons. The maximum atomic E-state index is 12.3. The van der Waals surface area contributed by atoms with Crippen LogP contribution in [-0.4, -0.2) is 32.9 Å². The molecule has 0 fully saturated rings. The van der Waals surface area contributed by atoms with E-state index in [2.05, 4.69) is 11.2 Å². The highest BCUT2D eigenvalue weighted by Gasteiger charge is 2.22. The Morgan fingerprint density at radius 3 is 2.72 bits per heavy atom. The number of nitrogens with one attached hydrogen (secondary N) is 1. The van der Waals surface area contributed by atoms with Crippen LogP contribution in [0.3, 0.4) is 0 Å². The summed E-state index contributed by atoms with van der Waals surface area (Å²) < 4.78 is 25.9. The number of rotatable bonds is 6. The van der Waals surface area contributed by atoms with Crippen molar-refractivity contribution in [3.05, 3.63) is 29.8 Å². The third-order valence-corrected chi connectivity index (χ3v) is 4.45. The number of terminal acetylenes is 1. The van der Waals surface area contributed by atoms with Gasteiger partial charge in [0, 0.05) is 13.1 Å². The van der Waals surface area contributed by atoms with Gasteiger partial charge in [-0.1, -0.05) is 25.0 Å². The summed E-state index contributed by atoms with van der Waals surface area (Å²) in [4.78, 5) is 0.285. The third-order valence-electron chi connectivity index (χ3n) is 2.54. The SMILES string of the molecule is C#CCN(CC)S(=O)(=O)c1cccc(CNC)c1. The minimum atomic E-state index is -3.49. The van der Waals surface area contributed by atoms with E-state index in [1.807, 2.05) is 13.1 Å². The molecule has 0 aliphatic heterocycles. The first-order chi connectivity index (χ1) is 8.56. The van der Waals surface area contributed by atoms with Crippen LogP contribution in [0.25, 0.3) is 0 Å². The predicted octanol–water partition coefficient (Wildman–Crippen LogP) is 1.05. The van der Waals surface area contributed by atoms with E-state index in [4.69, 9.17) is 6.42 Å². The quantitative estimate of drug-likeness (QED) is 0.783. The molecule has 0 heterocycles. The lowest BCUT2D eigenvalue weighted by molar-refractivity contribution is 0.464. The summed E-state index contributed by atoms with van der Waals surface area (Å²) in [6.45, 7) is 2.86. The first-order valence-electron chi connectivity index (χ1n) is 5.73. The molecule has 18 heavy (non-hydrogen) atoms. The zero-order valence-corrected chi connectivity index (χ0v) is 11.5.